The monoisotopic (exact) mass is 203 g/mol. The van der Waals surface area contributed by atoms with E-state index in [1.807, 2.05) is 13.8 Å². The van der Waals surface area contributed by atoms with Crippen molar-refractivity contribution in [1.29, 1.82) is 0 Å². The van der Waals surface area contributed by atoms with E-state index in [0.29, 0.717) is 0 Å². The van der Waals surface area contributed by atoms with E-state index in [1.165, 1.54) is 6.92 Å². The van der Waals surface area contributed by atoms with Crippen LogP contribution in [0.15, 0.2) is 12.3 Å². The molecule has 0 N–H and O–H groups in total. The normalized spacial score (nSPS) is 8.69. The summed E-state index contributed by atoms with van der Waals surface area (Å²) < 4.78 is 12.4. The van der Waals surface area contributed by atoms with Crippen LogP contribution in [0.25, 0.3) is 0 Å². The predicted octanol–water partition coefficient (Wildman–Crippen LogP) is 3.10. The largest absolute Gasteiger partial charge is 0.294 e. The van der Waals surface area contributed by atoms with Crippen molar-refractivity contribution >= 4 is 17.4 Å². The van der Waals surface area contributed by atoms with Gasteiger partial charge in [0.1, 0.15) is 11.0 Å². The van der Waals surface area contributed by atoms with Crippen LogP contribution < -0.4 is 0 Å². The van der Waals surface area contributed by atoms with Gasteiger partial charge in [0, 0.05) is 0 Å². The van der Waals surface area contributed by atoms with Crippen molar-refractivity contribution in [2.24, 2.45) is 0 Å². The summed E-state index contributed by atoms with van der Waals surface area (Å²) in [6.07, 6.45) is 0.967. The van der Waals surface area contributed by atoms with Crippen LogP contribution in [0.3, 0.4) is 0 Å². The maximum atomic E-state index is 12.4. The fraction of sp³-hybridized carbons (Fsp3) is 0.333. The SMILES string of the molecule is CC.CC(=O)c1cc(F)cnc1Cl. The van der Waals surface area contributed by atoms with Crippen molar-refractivity contribution in [3.63, 3.8) is 0 Å². The maximum Gasteiger partial charge on any atom is 0.163 e. The summed E-state index contributed by atoms with van der Waals surface area (Å²) in [5.74, 6) is -0.846. The highest BCUT2D eigenvalue weighted by Crippen LogP contribution is 2.13. The van der Waals surface area contributed by atoms with E-state index < -0.39 is 5.82 Å². The molecule has 13 heavy (non-hydrogen) atoms. The lowest BCUT2D eigenvalue weighted by molar-refractivity contribution is 0.101. The van der Waals surface area contributed by atoms with Crippen LogP contribution in [0.5, 0.6) is 0 Å². The van der Waals surface area contributed by atoms with Crippen LogP contribution in [0.4, 0.5) is 4.39 Å². The standard InChI is InChI=1S/C7H5ClFNO.C2H6/c1-4(11)6-2-5(9)3-10-7(6)8;1-2/h2-3H,1H3;1-2H3. The summed E-state index contributed by atoms with van der Waals surface area (Å²) in [5, 5.41) is 0.0406. The van der Waals surface area contributed by atoms with Crippen molar-refractivity contribution < 1.29 is 9.18 Å². The van der Waals surface area contributed by atoms with Crippen LogP contribution in [0, 0.1) is 5.82 Å². The van der Waals surface area contributed by atoms with E-state index >= 15 is 0 Å². The quantitative estimate of drug-likeness (QED) is 0.519. The summed E-state index contributed by atoms with van der Waals surface area (Å²) in [7, 11) is 0. The molecular formula is C9H11ClFNO. The Morgan fingerprint density at radius 2 is 2.08 bits per heavy atom. The van der Waals surface area contributed by atoms with E-state index in [2.05, 4.69) is 4.98 Å². The highest BCUT2D eigenvalue weighted by Gasteiger charge is 2.06. The molecule has 4 heteroatoms. The molecule has 72 valence electrons. The second-order valence-electron chi connectivity index (χ2n) is 2.05. The van der Waals surface area contributed by atoms with Gasteiger partial charge in [-0.25, -0.2) is 9.37 Å². The second-order valence-corrected chi connectivity index (χ2v) is 2.41. The molecule has 1 heterocycles. The zero-order valence-electron chi connectivity index (χ0n) is 7.77. The van der Waals surface area contributed by atoms with Gasteiger partial charge < -0.3 is 0 Å². The molecule has 0 atom stereocenters. The fourth-order valence-corrected chi connectivity index (χ4v) is 0.906. The number of carbonyl (C=O) groups is 1. The van der Waals surface area contributed by atoms with Gasteiger partial charge in [0.2, 0.25) is 0 Å². The summed E-state index contributed by atoms with van der Waals surface area (Å²) in [4.78, 5) is 14.2. The molecule has 0 saturated carbocycles. The van der Waals surface area contributed by atoms with E-state index in [1.54, 1.807) is 0 Å². The Bertz CT molecular complexity index is 302. The minimum absolute atomic E-state index is 0.0406. The Morgan fingerprint density at radius 1 is 1.54 bits per heavy atom. The van der Waals surface area contributed by atoms with Crippen molar-refractivity contribution in [3.8, 4) is 0 Å². The Labute approximate surface area is 81.7 Å². The lowest BCUT2D eigenvalue weighted by Gasteiger charge is -1.96. The second kappa shape index (κ2) is 5.65. The molecule has 0 radical (unpaired) electrons. The topological polar surface area (TPSA) is 30.0 Å². The smallest absolute Gasteiger partial charge is 0.163 e. The van der Waals surface area contributed by atoms with Gasteiger partial charge in [-0.3, -0.25) is 4.79 Å². The van der Waals surface area contributed by atoms with Gasteiger partial charge in [0.25, 0.3) is 0 Å². The summed E-state index contributed by atoms with van der Waals surface area (Å²) in [6, 6.07) is 1.07. The van der Waals surface area contributed by atoms with E-state index in [4.69, 9.17) is 11.6 Å². The molecule has 0 aliphatic rings. The first kappa shape index (κ1) is 12.0. The number of rotatable bonds is 1. The Balaban J connectivity index is 0.000000671. The molecule has 1 aromatic heterocycles. The number of pyridine rings is 1. The van der Waals surface area contributed by atoms with Crippen LogP contribution in [-0.2, 0) is 0 Å². The summed E-state index contributed by atoms with van der Waals surface area (Å²) in [5.41, 5.74) is 0.117. The van der Waals surface area contributed by atoms with Gasteiger partial charge in [-0.1, -0.05) is 25.4 Å². The number of hydrogen-bond donors (Lipinski definition) is 0. The van der Waals surface area contributed by atoms with Crippen molar-refractivity contribution in [2.45, 2.75) is 20.8 Å². The first-order valence-electron chi connectivity index (χ1n) is 3.93. The summed E-state index contributed by atoms with van der Waals surface area (Å²) in [6.45, 7) is 5.31. The van der Waals surface area contributed by atoms with Crippen LogP contribution in [-0.4, -0.2) is 10.8 Å². The van der Waals surface area contributed by atoms with Crippen LogP contribution >= 0.6 is 11.6 Å². The zero-order chi connectivity index (χ0) is 10.4. The molecule has 0 unspecified atom stereocenters. The number of halogens is 2. The van der Waals surface area contributed by atoms with E-state index in [0.717, 1.165) is 12.3 Å². The lowest BCUT2D eigenvalue weighted by atomic mass is 10.2. The van der Waals surface area contributed by atoms with Gasteiger partial charge >= 0.3 is 0 Å². The van der Waals surface area contributed by atoms with Crippen molar-refractivity contribution in [3.05, 3.63) is 28.8 Å². The van der Waals surface area contributed by atoms with Gasteiger partial charge in [0.05, 0.1) is 11.8 Å². The number of ketones is 1. The van der Waals surface area contributed by atoms with Crippen LogP contribution in [0.1, 0.15) is 31.1 Å². The molecule has 0 bridgehead atoms. The van der Waals surface area contributed by atoms with Gasteiger partial charge in [-0.2, -0.15) is 0 Å². The molecular weight excluding hydrogens is 193 g/mol. The average Bonchev–Trinajstić information content (AvgIpc) is 2.12. The molecule has 1 aromatic rings. The minimum atomic E-state index is -0.556. The molecule has 0 aromatic carbocycles. The Morgan fingerprint density at radius 3 is 2.46 bits per heavy atom. The van der Waals surface area contributed by atoms with Gasteiger partial charge in [-0.05, 0) is 13.0 Å². The third-order valence-corrected chi connectivity index (χ3v) is 1.49. The molecule has 0 aliphatic carbocycles. The van der Waals surface area contributed by atoms with E-state index in [9.17, 15) is 9.18 Å². The van der Waals surface area contributed by atoms with Crippen molar-refractivity contribution in [2.75, 3.05) is 0 Å². The highest BCUT2D eigenvalue weighted by molar-refractivity contribution is 6.32. The van der Waals surface area contributed by atoms with Crippen molar-refractivity contribution in [1.82, 2.24) is 4.98 Å². The molecule has 2 nitrogen and oxygen atoms in total. The molecule has 0 aliphatic heterocycles. The maximum absolute atomic E-state index is 12.4. The number of aromatic nitrogens is 1. The molecule has 0 fully saturated rings. The molecule has 0 spiro atoms. The first-order chi connectivity index (χ1) is 6.11. The molecule has 0 amide bonds. The number of nitrogens with zero attached hydrogens (tertiary/aromatic N) is 1. The van der Waals surface area contributed by atoms with Gasteiger partial charge in [0.15, 0.2) is 5.78 Å². The van der Waals surface area contributed by atoms with Crippen LogP contribution in [0.2, 0.25) is 5.15 Å². The number of carbonyl (C=O) groups excluding carboxylic acids is 1. The molecule has 0 saturated heterocycles. The van der Waals surface area contributed by atoms with E-state index in [-0.39, 0.29) is 16.5 Å². The zero-order valence-corrected chi connectivity index (χ0v) is 8.52. The predicted molar refractivity (Wildman–Crippen MR) is 50.6 cm³/mol. The average molecular weight is 204 g/mol. The Hall–Kier alpha value is -0.960. The highest BCUT2D eigenvalue weighted by atomic mass is 35.5. The number of hydrogen-bond acceptors (Lipinski definition) is 2. The number of Topliss-reactive ketones (excluding diaryl/α,β-unsaturated/α-hetero) is 1. The molecule has 1 rings (SSSR count). The summed E-state index contributed by atoms with van der Waals surface area (Å²) >= 11 is 5.49. The third kappa shape index (κ3) is 3.51. The Kier molecular flexibility index (Phi) is 5.23. The third-order valence-electron chi connectivity index (χ3n) is 1.18. The van der Waals surface area contributed by atoms with Gasteiger partial charge in [-0.15, -0.1) is 0 Å². The fourth-order valence-electron chi connectivity index (χ4n) is 0.669. The minimum Gasteiger partial charge on any atom is -0.294 e. The first-order valence-corrected chi connectivity index (χ1v) is 4.31. The lowest BCUT2D eigenvalue weighted by Crippen LogP contribution is -1.96.